The number of carbonyl (C=O) groups is 2. The zero-order valence-corrected chi connectivity index (χ0v) is 15.7. The topological polar surface area (TPSA) is 73.2 Å². The van der Waals surface area contributed by atoms with E-state index in [0.717, 1.165) is 16.2 Å². The van der Waals surface area contributed by atoms with E-state index in [-0.39, 0.29) is 5.70 Å². The molecule has 4 rings (SSSR count). The molecule has 5 nitrogen and oxygen atoms in total. The van der Waals surface area contributed by atoms with Gasteiger partial charge in [-0.3, -0.25) is 9.59 Å². The number of nitrogens with zero attached hydrogens (tertiary/aromatic N) is 2. The minimum atomic E-state index is -0.429. The average Bonchev–Trinajstić information content (AvgIpc) is 3.00. The fraction of sp³-hybridized carbons (Fsp3) is 0.0417. The lowest BCUT2D eigenvalue weighted by Crippen LogP contribution is -2.32. The second kappa shape index (κ2) is 7.45. The van der Waals surface area contributed by atoms with Crippen LogP contribution in [0, 0.1) is 18.3 Å². The number of amides is 2. The maximum atomic E-state index is 13.3. The van der Waals surface area contributed by atoms with E-state index in [1.54, 1.807) is 24.3 Å². The summed E-state index contributed by atoms with van der Waals surface area (Å²) in [6.07, 6.45) is 0. The maximum absolute atomic E-state index is 13.3. The number of nitrogens with one attached hydrogen (secondary N) is 1. The van der Waals surface area contributed by atoms with Crippen LogP contribution in [0.25, 0.3) is 5.57 Å². The lowest BCUT2D eigenvalue weighted by molar-refractivity contribution is -0.120. The average molecular weight is 379 g/mol. The highest BCUT2D eigenvalue weighted by Gasteiger charge is 2.40. The van der Waals surface area contributed by atoms with Gasteiger partial charge in [0.1, 0.15) is 5.70 Å². The molecule has 0 saturated carbocycles. The van der Waals surface area contributed by atoms with Gasteiger partial charge >= 0.3 is 0 Å². The van der Waals surface area contributed by atoms with Gasteiger partial charge in [-0.25, -0.2) is 4.90 Å². The summed E-state index contributed by atoms with van der Waals surface area (Å²) in [5, 5.41) is 12.2. The number of benzene rings is 3. The number of hydrogen-bond donors (Lipinski definition) is 1. The van der Waals surface area contributed by atoms with Crippen LogP contribution in [0.3, 0.4) is 0 Å². The summed E-state index contributed by atoms with van der Waals surface area (Å²) in [7, 11) is 0. The van der Waals surface area contributed by atoms with Gasteiger partial charge in [-0.05, 0) is 48.4 Å². The van der Waals surface area contributed by atoms with E-state index in [1.165, 1.54) is 0 Å². The van der Waals surface area contributed by atoms with Crippen LogP contribution >= 0.6 is 0 Å². The molecule has 2 amide bonds. The van der Waals surface area contributed by atoms with E-state index in [1.807, 2.05) is 67.6 Å². The van der Waals surface area contributed by atoms with Crippen LogP contribution in [0.4, 0.5) is 11.4 Å². The Morgan fingerprint density at radius 3 is 2.14 bits per heavy atom. The highest BCUT2D eigenvalue weighted by molar-refractivity contribution is 6.46. The Morgan fingerprint density at radius 1 is 0.828 bits per heavy atom. The largest absolute Gasteiger partial charge is 0.350 e. The van der Waals surface area contributed by atoms with E-state index in [0.29, 0.717) is 22.4 Å². The third-order valence-electron chi connectivity index (χ3n) is 4.81. The van der Waals surface area contributed by atoms with Crippen LogP contribution in [0.5, 0.6) is 0 Å². The summed E-state index contributed by atoms with van der Waals surface area (Å²) in [6.45, 7) is 1.94. The van der Waals surface area contributed by atoms with Crippen LogP contribution in [0.2, 0.25) is 0 Å². The first-order valence-corrected chi connectivity index (χ1v) is 9.11. The van der Waals surface area contributed by atoms with Crippen molar-refractivity contribution in [1.82, 2.24) is 0 Å². The van der Waals surface area contributed by atoms with Crippen molar-refractivity contribution < 1.29 is 9.59 Å². The van der Waals surface area contributed by atoms with Gasteiger partial charge in [0.15, 0.2) is 0 Å². The fourth-order valence-electron chi connectivity index (χ4n) is 3.29. The first-order chi connectivity index (χ1) is 14.1. The molecule has 1 aliphatic heterocycles. The van der Waals surface area contributed by atoms with Gasteiger partial charge in [0.05, 0.1) is 22.9 Å². The van der Waals surface area contributed by atoms with Crippen molar-refractivity contribution in [2.24, 2.45) is 0 Å². The number of aryl methyl sites for hydroxylation is 1. The van der Waals surface area contributed by atoms with E-state index in [2.05, 4.69) is 5.32 Å². The number of imide groups is 1. The predicted molar refractivity (Wildman–Crippen MR) is 112 cm³/mol. The van der Waals surface area contributed by atoms with Crippen LogP contribution in [0.1, 0.15) is 16.7 Å². The van der Waals surface area contributed by atoms with Crippen molar-refractivity contribution in [1.29, 1.82) is 5.26 Å². The number of carbonyl (C=O) groups excluding carboxylic acids is 2. The summed E-state index contributed by atoms with van der Waals surface area (Å²) in [6, 6.07) is 25.1. The van der Waals surface area contributed by atoms with E-state index < -0.39 is 11.8 Å². The normalized spacial score (nSPS) is 13.6. The summed E-state index contributed by atoms with van der Waals surface area (Å²) >= 11 is 0. The number of rotatable bonds is 4. The molecule has 0 bridgehead atoms. The lowest BCUT2D eigenvalue weighted by atomic mass is 10.0. The molecule has 0 saturated heterocycles. The van der Waals surface area contributed by atoms with Crippen molar-refractivity contribution >= 4 is 28.8 Å². The molecular formula is C24H17N3O2. The number of hydrogen-bond acceptors (Lipinski definition) is 4. The van der Waals surface area contributed by atoms with Crippen molar-refractivity contribution in [3.05, 3.63) is 101 Å². The Hall–Kier alpha value is -4.17. The van der Waals surface area contributed by atoms with E-state index in [9.17, 15) is 9.59 Å². The van der Waals surface area contributed by atoms with Crippen molar-refractivity contribution in [2.45, 2.75) is 6.92 Å². The molecule has 140 valence electrons. The van der Waals surface area contributed by atoms with Crippen LogP contribution in [-0.4, -0.2) is 11.8 Å². The minimum absolute atomic E-state index is 0.236. The molecule has 1 heterocycles. The van der Waals surface area contributed by atoms with Crippen LogP contribution in [-0.2, 0) is 9.59 Å². The molecule has 0 atom stereocenters. The molecular weight excluding hydrogens is 362 g/mol. The lowest BCUT2D eigenvalue weighted by Gasteiger charge is -2.15. The van der Waals surface area contributed by atoms with Crippen molar-refractivity contribution in [2.75, 3.05) is 10.2 Å². The van der Waals surface area contributed by atoms with Crippen molar-refractivity contribution in [3.8, 4) is 6.07 Å². The second-order valence-electron chi connectivity index (χ2n) is 6.66. The summed E-state index contributed by atoms with van der Waals surface area (Å²) in [5.74, 6) is -0.830. The minimum Gasteiger partial charge on any atom is -0.350 e. The third kappa shape index (κ3) is 3.28. The van der Waals surface area contributed by atoms with Gasteiger partial charge in [0.2, 0.25) is 0 Å². The Kier molecular flexibility index (Phi) is 4.68. The van der Waals surface area contributed by atoms with E-state index >= 15 is 0 Å². The molecule has 0 spiro atoms. The number of anilines is 2. The SMILES string of the molecule is Cc1ccccc1NC1=C(c2ccccc2)C(=O)N(c2ccc(C#N)cc2)C1=O. The smallest absolute Gasteiger partial charge is 0.282 e. The highest BCUT2D eigenvalue weighted by atomic mass is 16.2. The zero-order chi connectivity index (χ0) is 20.4. The monoisotopic (exact) mass is 379 g/mol. The molecule has 1 N–H and O–H groups in total. The van der Waals surface area contributed by atoms with E-state index in [4.69, 9.17) is 5.26 Å². The quantitative estimate of drug-likeness (QED) is 0.688. The fourth-order valence-corrected chi connectivity index (χ4v) is 3.29. The molecule has 0 radical (unpaired) electrons. The van der Waals surface area contributed by atoms with Gasteiger partial charge < -0.3 is 5.32 Å². The van der Waals surface area contributed by atoms with Gasteiger partial charge in [-0.2, -0.15) is 5.26 Å². The molecule has 1 aliphatic rings. The Morgan fingerprint density at radius 2 is 1.48 bits per heavy atom. The van der Waals surface area contributed by atoms with Gasteiger partial charge in [-0.1, -0.05) is 48.5 Å². The first kappa shape index (κ1) is 18.2. The number of para-hydroxylation sites is 1. The summed E-state index contributed by atoms with van der Waals surface area (Å²) in [5.41, 5.74) is 3.83. The maximum Gasteiger partial charge on any atom is 0.282 e. The highest BCUT2D eigenvalue weighted by Crippen LogP contribution is 2.34. The molecule has 3 aromatic rings. The van der Waals surface area contributed by atoms with Crippen molar-refractivity contribution in [3.63, 3.8) is 0 Å². The molecule has 0 aliphatic carbocycles. The molecule has 0 aromatic heterocycles. The Labute approximate surface area is 168 Å². The summed E-state index contributed by atoms with van der Waals surface area (Å²) in [4.78, 5) is 27.7. The van der Waals surface area contributed by atoms with Gasteiger partial charge in [0, 0.05) is 5.69 Å². The predicted octanol–water partition coefficient (Wildman–Crippen LogP) is 4.26. The molecule has 0 unspecified atom stereocenters. The third-order valence-corrected chi connectivity index (χ3v) is 4.81. The standard InChI is InChI=1S/C24H17N3O2/c1-16-7-5-6-10-20(16)26-22-21(18-8-3-2-4-9-18)23(28)27(24(22)29)19-13-11-17(15-25)12-14-19/h2-14,26H,1H3. The molecule has 29 heavy (non-hydrogen) atoms. The number of nitriles is 1. The first-order valence-electron chi connectivity index (χ1n) is 9.11. The van der Waals surface area contributed by atoms with Gasteiger partial charge in [0.25, 0.3) is 11.8 Å². The zero-order valence-electron chi connectivity index (χ0n) is 15.7. The molecule has 3 aromatic carbocycles. The van der Waals surface area contributed by atoms with Crippen LogP contribution in [0.15, 0.2) is 84.6 Å². The van der Waals surface area contributed by atoms with Gasteiger partial charge in [-0.15, -0.1) is 0 Å². The molecule has 5 heteroatoms. The van der Waals surface area contributed by atoms with Crippen LogP contribution < -0.4 is 10.2 Å². The Balaban J connectivity index is 1.82. The second-order valence-corrected chi connectivity index (χ2v) is 6.66. The summed E-state index contributed by atoms with van der Waals surface area (Å²) < 4.78 is 0. The molecule has 0 fully saturated rings. The Bertz CT molecular complexity index is 1170.